The Morgan fingerprint density at radius 1 is 0.958 bits per heavy atom. The number of nitrogens with zero attached hydrogens (tertiary/aromatic N) is 2. The minimum atomic E-state index is -4.36. The zero-order chi connectivity index (χ0) is 17.5. The van der Waals surface area contributed by atoms with Gasteiger partial charge in [-0.25, -0.2) is 8.42 Å². The van der Waals surface area contributed by atoms with Gasteiger partial charge in [0.1, 0.15) is 4.90 Å². The summed E-state index contributed by atoms with van der Waals surface area (Å²) >= 11 is 0. The quantitative estimate of drug-likeness (QED) is 0.700. The molecular weight excluding hydrogens is 352 g/mol. The maximum Gasteiger partial charge on any atom is 0.429 e. The lowest BCUT2D eigenvalue weighted by Crippen LogP contribution is -2.21. The van der Waals surface area contributed by atoms with Crippen LogP contribution in [0.1, 0.15) is 5.69 Å². The molecular formula is C15H14N2O5S2. The summed E-state index contributed by atoms with van der Waals surface area (Å²) in [5.41, 5.74) is 0.876. The Bertz CT molecular complexity index is 1130. The van der Waals surface area contributed by atoms with Gasteiger partial charge in [-0.3, -0.25) is 0 Å². The van der Waals surface area contributed by atoms with Crippen molar-refractivity contribution in [2.45, 2.75) is 11.8 Å². The summed E-state index contributed by atoms with van der Waals surface area (Å²) in [6.07, 6.45) is 0.981. The Kier molecular flexibility index (Phi) is 3.84. The molecule has 0 aliphatic carbocycles. The maximum atomic E-state index is 12.6. The van der Waals surface area contributed by atoms with Gasteiger partial charge in [-0.1, -0.05) is 30.3 Å². The van der Waals surface area contributed by atoms with Crippen molar-refractivity contribution in [3.05, 3.63) is 54.2 Å². The van der Waals surface area contributed by atoms with Gasteiger partial charge in [0, 0.05) is 11.6 Å². The van der Waals surface area contributed by atoms with Gasteiger partial charge in [-0.15, -0.1) is 4.09 Å². The second-order valence-corrected chi connectivity index (χ2v) is 8.56. The van der Waals surface area contributed by atoms with E-state index in [9.17, 15) is 16.8 Å². The molecule has 3 aromatic rings. The van der Waals surface area contributed by atoms with Crippen molar-refractivity contribution in [2.75, 3.05) is 6.26 Å². The van der Waals surface area contributed by atoms with Crippen LogP contribution >= 0.6 is 0 Å². The van der Waals surface area contributed by atoms with Crippen molar-refractivity contribution in [3.63, 3.8) is 0 Å². The van der Waals surface area contributed by atoms with Crippen molar-refractivity contribution in [1.29, 1.82) is 0 Å². The molecule has 0 saturated carbocycles. The summed E-state index contributed by atoms with van der Waals surface area (Å²) in [5, 5.41) is 4.67. The predicted octanol–water partition coefficient (Wildman–Crippen LogP) is 1.92. The molecule has 3 rings (SSSR count). The molecule has 0 aliphatic heterocycles. The first-order chi connectivity index (χ1) is 11.2. The van der Waals surface area contributed by atoms with Crippen LogP contribution in [0.3, 0.4) is 0 Å². The van der Waals surface area contributed by atoms with Gasteiger partial charge in [0.2, 0.25) is 0 Å². The first-order valence-corrected chi connectivity index (χ1v) is 10.1. The summed E-state index contributed by atoms with van der Waals surface area (Å²) in [5.74, 6) is -0.266. The number of sulfone groups is 1. The number of hydrogen-bond donors (Lipinski definition) is 0. The Labute approximate surface area is 139 Å². The Balaban J connectivity index is 2.14. The average molecular weight is 366 g/mol. The van der Waals surface area contributed by atoms with Crippen LogP contribution in [0.25, 0.3) is 10.9 Å². The highest BCUT2D eigenvalue weighted by atomic mass is 32.2. The number of hydrogen-bond acceptors (Lipinski definition) is 6. The summed E-state index contributed by atoms with van der Waals surface area (Å²) < 4.78 is 54.6. The SMILES string of the molecule is Cc1nn(S(=O)(=O)Oc2ccccc2S(C)(=O)=O)c2ccccc12. The van der Waals surface area contributed by atoms with Crippen LogP contribution < -0.4 is 4.18 Å². The highest BCUT2D eigenvalue weighted by Gasteiger charge is 2.24. The second-order valence-electron chi connectivity index (χ2n) is 5.21. The molecule has 0 saturated heterocycles. The van der Waals surface area contributed by atoms with Gasteiger partial charge in [-0.2, -0.15) is 13.5 Å². The van der Waals surface area contributed by atoms with Crippen LogP contribution in [0.5, 0.6) is 5.75 Å². The van der Waals surface area contributed by atoms with Gasteiger partial charge in [0.05, 0.1) is 11.2 Å². The standard InChI is InChI=1S/C15H14N2O5S2/c1-11-12-7-3-4-8-13(12)17(16-11)24(20,21)22-14-9-5-6-10-15(14)23(2,18)19/h3-10H,1-2H3. The van der Waals surface area contributed by atoms with Gasteiger partial charge >= 0.3 is 10.3 Å². The van der Waals surface area contributed by atoms with E-state index in [0.29, 0.717) is 16.6 Å². The minimum absolute atomic E-state index is 0.207. The first kappa shape index (κ1) is 16.5. The van der Waals surface area contributed by atoms with Crippen LogP contribution in [-0.2, 0) is 20.1 Å². The van der Waals surface area contributed by atoms with E-state index in [2.05, 4.69) is 5.10 Å². The lowest BCUT2D eigenvalue weighted by atomic mass is 10.2. The number of para-hydroxylation sites is 2. The van der Waals surface area contributed by atoms with Crippen LogP contribution in [0.4, 0.5) is 0 Å². The predicted molar refractivity (Wildman–Crippen MR) is 89.0 cm³/mol. The fourth-order valence-electron chi connectivity index (χ4n) is 2.33. The fourth-order valence-corrected chi connectivity index (χ4v) is 4.25. The third-order valence-electron chi connectivity index (χ3n) is 3.40. The van der Waals surface area contributed by atoms with E-state index in [1.165, 1.54) is 24.3 Å². The van der Waals surface area contributed by atoms with Crippen molar-refractivity contribution in [3.8, 4) is 5.75 Å². The Morgan fingerprint density at radius 3 is 2.29 bits per heavy atom. The lowest BCUT2D eigenvalue weighted by Gasteiger charge is -2.10. The van der Waals surface area contributed by atoms with E-state index < -0.39 is 20.1 Å². The molecule has 7 nitrogen and oxygen atoms in total. The Morgan fingerprint density at radius 2 is 1.58 bits per heavy atom. The fraction of sp³-hybridized carbons (Fsp3) is 0.133. The molecule has 0 N–H and O–H groups in total. The molecule has 24 heavy (non-hydrogen) atoms. The topological polar surface area (TPSA) is 95.3 Å². The van der Waals surface area contributed by atoms with Crippen molar-refractivity contribution in [2.24, 2.45) is 0 Å². The monoisotopic (exact) mass is 366 g/mol. The molecule has 9 heteroatoms. The average Bonchev–Trinajstić information content (AvgIpc) is 2.85. The van der Waals surface area contributed by atoms with E-state index in [0.717, 1.165) is 10.3 Å². The van der Waals surface area contributed by atoms with E-state index in [1.54, 1.807) is 31.2 Å². The molecule has 0 radical (unpaired) electrons. The largest absolute Gasteiger partial charge is 0.429 e. The van der Waals surface area contributed by atoms with E-state index in [1.807, 2.05) is 0 Å². The second kappa shape index (κ2) is 5.60. The highest BCUT2D eigenvalue weighted by Crippen LogP contribution is 2.26. The van der Waals surface area contributed by atoms with Crippen LogP contribution in [-0.4, -0.2) is 32.3 Å². The lowest BCUT2D eigenvalue weighted by molar-refractivity contribution is 0.464. The number of aromatic nitrogens is 2. The summed E-state index contributed by atoms with van der Waals surface area (Å²) in [6, 6.07) is 12.3. The zero-order valence-corrected chi connectivity index (χ0v) is 14.5. The van der Waals surface area contributed by atoms with Crippen LogP contribution in [0.2, 0.25) is 0 Å². The molecule has 126 valence electrons. The molecule has 0 amide bonds. The van der Waals surface area contributed by atoms with Crippen molar-refractivity contribution >= 4 is 31.0 Å². The maximum absolute atomic E-state index is 12.6. The molecule has 0 aliphatic rings. The van der Waals surface area contributed by atoms with Gasteiger partial charge in [0.15, 0.2) is 15.6 Å². The zero-order valence-electron chi connectivity index (χ0n) is 12.9. The third-order valence-corrected chi connectivity index (χ3v) is 5.62. The molecule has 0 spiro atoms. The molecule has 0 atom stereocenters. The first-order valence-electron chi connectivity index (χ1n) is 6.88. The van der Waals surface area contributed by atoms with Crippen LogP contribution in [0.15, 0.2) is 53.4 Å². The smallest absolute Gasteiger partial charge is 0.364 e. The number of benzene rings is 2. The van der Waals surface area contributed by atoms with Gasteiger partial charge < -0.3 is 4.18 Å². The summed E-state index contributed by atoms with van der Waals surface area (Å²) in [6.45, 7) is 1.68. The molecule has 1 heterocycles. The molecule has 2 aromatic carbocycles. The molecule has 0 fully saturated rings. The molecule has 0 bridgehead atoms. The number of rotatable bonds is 4. The normalized spacial score (nSPS) is 12.4. The highest BCUT2D eigenvalue weighted by molar-refractivity contribution is 7.91. The van der Waals surface area contributed by atoms with Crippen molar-refractivity contribution in [1.82, 2.24) is 9.19 Å². The van der Waals surface area contributed by atoms with E-state index in [-0.39, 0.29) is 10.6 Å². The van der Waals surface area contributed by atoms with Crippen LogP contribution in [0, 0.1) is 6.92 Å². The summed E-state index contributed by atoms with van der Waals surface area (Å²) in [4.78, 5) is -0.207. The number of aryl methyl sites for hydroxylation is 1. The van der Waals surface area contributed by atoms with Gasteiger partial charge in [-0.05, 0) is 25.1 Å². The molecule has 1 aromatic heterocycles. The third kappa shape index (κ3) is 2.87. The van der Waals surface area contributed by atoms with Crippen molar-refractivity contribution < 1.29 is 21.0 Å². The van der Waals surface area contributed by atoms with Gasteiger partial charge in [0.25, 0.3) is 0 Å². The Hall–Kier alpha value is -2.39. The minimum Gasteiger partial charge on any atom is -0.364 e. The number of fused-ring (bicyclic) bond motifs is 1. The molecule has 0 unspecified atom stereocenters. The summed E-state index contributed by atoms with van der Waals surface area (Å²) in [7, 11) is -8.01. The van der Waals surface area contributed by atoms with E-state index >= 15 is 0 Å². The van der Waals surface area contributed by atoms with E-state index in [4.69, 9.17) is 4.18 Å².